The van der Waals surface area contributed by atoms with E-state index in [9.17, 15) is 4.79 Å². The minimum atomic E-state index is 0.195. The minimum absolute atomic E-state index is 0.195. The second-order valence-electron chi connectivity index (χ2n) is 7.13. The highest BCUT2D eigenvalue weighted by Crippen LogP contribution is 2.36. The molecule has 0 saturated heterocycles. The van der Waals surface area contributed by atoms with Gasteiger partial charge >= 0.3 is 0 Å². The third-order valence-electron chi connectivity index (χ3n) is 5.46. The van der Waals surface area contributed by atoms with E-state index in [0.717, 1.165) is 17.9 Å². The lowest BCUT2D eigenvalue weighted by atomic mass is 9.84. The number of rotatable bonds is 6. The Hall–Kier alpha value is -1.51. The molecule has 4 rings (SSSR count). The van der Waals surface area contributed by atoms with Gasteiger partial charge in [0.2, 0.25) is 0 Å². The Morgan fingerprint density at radius 1 is 1.00 bits per heavy atom. The number of hydrogen-bond donors (Lipinski definition) is 0. The Morgan fingerprint density at radius 3 is 2.18 bits per heavy atom. The molecule has 118 valence electrons. The van der Waals surface area contributed by atoms with Gasteiger partial charge in [0, 0.05) is 12.1 Å². The highest BCUT2D eigenvalue weighted by Gasteiger charge is 2.38. The fourth-order valence-electron chi connectivity index (χ4n) is 3.36. The molecule has 0 aliphatic heterocycles. The number of nitrogens with zero attached hydrogens (tertiary/aromatic N) is 1. The van der Waals surface area contributed by atoms with E-state index in [4.69, 9.17) is 4.74 Å². The number of hydrogen-bond acceptors (Lipinski definition) is 2. The van der Waals surface area contributed by atoms with Gasteiger partial charge < -0.3 is 9.64 Å². The van der Waals surface area contributed by atoms with Gasteiger partial charge in [0.05, 0.1) is 12.2 Å². The molecule has 0 radical (unpaired) electrons. The molecule has 1 amide bonds. The summed E-state index contributed by atoms with van der Waals surface area (Å²) in [5.74, 6) is 1.68. The van der Waals surface area contributed by atoms with Crippen LogP contribution in [-0.4, -0.2) is 29.5 Å². The van der Waals surface area contributed by atoms with Gasteiger partial charge in [-0.3, -0.25) is 4.79 Å². The number of benzene rings is 1. The van der Waals surface area contributed by atoms with Gasteiger partial charge in [-0.15, -0.1) is 0 Å². The van der Waals surface area contributed by atoms with Crippen molar-refractivity contribution in [1.29, 1.82) is 0 Å². The van der Waals surface area contributed by atoms with Crippen LogP contribution < -0.4 is 4.74 Å². The van der Waals surface area contributed by atoms with Crippen molar-refractivity contribution in [1.82, 2.24) is 4.90 Å². The van der Waals surface area contributed by atoms with Gasteiger partial charge in [0.15, 0.2) is 0 Å². The average Bonchev–Trinajstić information content (AvgIpc) is 3.24. The first-order chi connectivity index (χ1) is 10.8. The van der Waals surface area contributed by atoms with E-state index in [1.165, 1.54) is 51.4 Å². The summed E-state index contributed by atoms with van der Waals surface area (Å²) in [5.41, 5.74) is 0.766. The highest BCUT2D eigenvalue weighted by molar-refractivity contribution is 5.97. The minimum Gasteiger partial charge on any atom is -0.492 e. The molecule has 0 N–H and O–H groups in total. The second kappa shape index (κ2) is 5.94. The predicted molar refractivity (Wildman–Crippen MR) is 86.1 cm³/mol. The summed E-state index contributed by atoms with van der Waals surface area (Å²) < 4.78 is 5.95. The Kier molecular flexibility index (Phi) is 3.81. The summed E-state index contributed by atoms with van der Waals surface area (Å²) in [6.07, 6.45) is 9.77. The summed E-state index contributed by atoms with van der Waals surface area (Å²) in [6, 6.07) is 8.75. The quantitative estimate of drug-likeness (QED) is 0.794. The number of carbonyl (C=O) groups is 1. The summed E-state index contributed by atoms with van der Waals surface area (Å²) in [7, 11) is 0. The molecule has 0 unspecified atom stereocenters. The average molecular weight is 299 g/mol. The van der Waals surface area contributed by atoms with Crippen molar-refractivity contribution in [3.63, 3.8) is 0 Å². The summed E-state index contributed by atoms with van der Waals surface area (Å²) in [4.78, 5) is 15.3. The molecule has 3 aliphatic carbocycles. The van der Waals surface area contributed by atoms with Gasteiger partial charge in [-0.1, -0.05) is 12.1 Å². The Labute approximate surface area is 132 Å². The molecule has 0 heterocycles. The smallest absolute Gasteiger partial charge is 0.258 e. The molecule has 0 spiro atoms. The van der Waals surface area contributed by atoms with Crippen LogP contribution in [0, 0.1) is 5.92 Å². The first-order valence-corrected chi connectivity index (χ1v) is 8.87. The first-order valence-electron chi connectivity index (χ1n) is 8.87. The van der Waals surface area contributed by atoms with Gasteiger partial charge in [0.1, 0.15) is 5.75 Å². The predicted octanol–water partition coefficient (Wildman–Crippen LogP) is 4.02. The zero-order valence-electron chi connectivity index (χ0n) is 13.2. The van der Waals surface area contributed by atoms with E-state index in [1.807, 2.05) is 24.3 Å². The lowest BCUT2D eigenvalue weighted by Crippen LogP contribution is -2.52. The summed E-state index contributed by atoms with van der Waals surface area (Å²) >= 11 is 0. The summed E-state index contributed by atoms with van der Waals surface area (Å²) in [5, 5.41) is 0. The maximum absolute atomic E-state index is 13.1. The zero-order chi connectivity index (χ0) is 14.9. The van der Waals surface area contributed by atoms with Crippen molar-refractivity contribution in [3.8, 4) is 5.75 Å². The standard InChI is InChI=1S/C19H25NO2/c21-19(20(15-5-3-6-15)16-7-4-8-16)17-9-1-2-10-18(17)22-13-14-11-12-14/h1-2,9-10,14-16H,3-8,11-13H2. The van der Waals surface area contributed by atoms with Gasteiger partial charge in [-0.2, -0.15) is 0 Å². The Bertz CT molecular complexity index is 530. The van der Waals surface area contributed by atoms with E-state index in [0.29, 0.717) is 18.0 Å². The monoisotopic (exact) mass is 299 g/mol. The van der Waals surface area contributed by atoms with Crippen molar-refractivity contribution in [3.05, 3.63) is 29.8 Å². The van der Waals surface area contributed by atoms with Crippen LogP contribution in [0.1, 0.15) is 61.7 Å². The Morgan fingerprint density at radius 2 is 1.64 bits per heavy atom. The molecule has 3 fully saturated rings. The molecule has 3 nitrogen and oxygen atoms in total. The first kappa shape index (κ1) is 14.1. The molecule has 1 aromatic carbocycles. The van der Waals surface area contributed by atoms with E-state index in [-0.39, 0.29) is 5.91 Å². The van der Waals surface area contributed by atoms with E-state index in [2.05, 4.69) is 4.90 Å². The highest BCUT2D eigenvalue weighted by atomic mass is 16.5. The van der Waals surface area contributed by atoms with Gasteiger partial charge in [0.25, 0.3) is 5.91 Å². The lowest BCUT2D eigenvalue weighted by molar-refractivity contribution is 0.0282. The molecule has 0 bridgehead atoms. The van der Waals surface area contributed by atoms with Gasteiger partial charge in [-0.25, -0.2) is 0 Å². The third kappa shape index (κ3) is 2.73. The van der Waals surface area contributed by atoms with Crippen LogP contribution in [0.4, 0.5) is 0 Å². The van der Waals surface area contributed by atoms with Crippen LogP contribution in [0.25, 0.3) is 0 Å². The van der Waals surface area contributed by atoms with Crippen molar-refractivity contribution in [2.24, 2.45) is 5.92 Å². The second-order valence-corrected chi connectivity index (χ2v) is 7.13. The van der Waals surface area contributed by atoms with E-state index >= 15 is 0 Å². The normalized spacial score (nSPS) is 21.8. The van der Waals surface area contributed by atoms with Crippen molar-refractivity contribution >= 4 is 5.91 Å². The fourth-order valence-corrected chi connectivity index (χ4v) is 3.36. The molecule has 3 heteroatoms. The molecule has 3 aliphatic rings. The van der Waals surface area contributed by atoms with Crippen molar-refractivity contribution in [2.45, 2.75) is 63.5 Å². The number of ether oxygens (including phenoxy) is 1. The van der Waals surface area contributed by atoms with Crippen LogP contribution in [0.3, 0.4) is 0 Å². The fraction of sp³-hybridized carbons (Fsp3) is 0.632. The van der Waals surface area contributed by atoms with Crippen molar-refractivity contribution < 1.29 is 9.53 Å². The van der Waals surface area contributed by atoms with Crippen LogP contribution in [-0.2, 0) is 0 Å². The Balaban J connectivity index is 1.54. The maximum atomic E-state index is 13.1. The molecule has 0 atom stereocenters. The lowest BCUT2D eigenvalue weighted by Gasteiger charge is -2.46. The molecule has 22 heavy (non-hydrogen) atoms. The van der Waals surface area contributed by atoms with Crippen molar-refractivity contribution in [2.75, 3.05) is 6.61 Å². The van der Waals surface area contributed by atoms with Crippen LogP contribution in [0.5, 0.6) is 5.75 Å². The number of amides is 1. The van der Waals surface area contributed by atoms with E-state index in [1.54, 1.807) is 0 Å². The zero-order valence-corrected chi connectivity index (χ0v) is 13.2. The largest absolute Gasteiger partial charge is 0.492 e. The third-order valence-corrected chi connectivity index (χ3v) is 5.46. The summed E-state index contributed by atoms with van der Waals surface area (Å²) in [6.45, 7) is 0.761. The molecular weight excluding hydrogens is 274 g/mol. The SMILES string of the molecule is O=C(c1ccccc1OCC1CC1)N(C1CCC1)C1CCC1. The molecule has 1 aromatic rings. The topological polar surface area (TPSA) is 29.5 Å². The van der Waals surface area contributed by atoms with Crippen LogP contribution >= 0.6 is 0 Å². The van der Waals surface area contributed by atoms with Crippen LogP contribution in [0.15, 0.2) is 24.3 Å². The molecular formula is C19H25NO2. The number of carbonyl (C=O) groups excluding carboxylic acids is 1. The molecule has 3 saturated carbocycles. The van der Waals surface area contributed by atoms with Crippen LogP contribution in [0.2, 0.25) is 0 Å². The van der Waals surface area contributed by atoms with E-state index < -0.39 is 0 Å². The molecule has 0 aromatic heterocycles. The van der Waals surface area contributed by atoms with Gasteiger partial charge in [-0.05, 0) is 69.4 Å². The number of para-hydroxylation sites is 1. The maximum Gasteiger partial charge on any atom is 0.258 e.